The summed E-state index contributed by atoms with van der Waals surface area (Å²) in [6.07, 6.45) is 1.43. The molecule has 3 rings (SSSR count). The molecule has 0 saturated carbocycles. The molecule has 23 heavy (non-hydrogen) atoms. The van der Waals surface area contributed by atoms with E-state index in [1.807, 2.05) is 18.2 Å². The molecule has 0 aliphatic heterocycles. The molecule has 0 saturated heterocycles. The number of nitrogens with one attached hydrogen (secondary N) is 2. The summed E-state index contributed by atoms with van der Waals surface area (Å²) in [4.78, 5) is 31.5. The van der Waals surface area contributed by atoms with Crippen LogP contribution in [0.2, 0.25) is 0 Å². The van der Waals surface area contributed by atoms with Gasteiger partial charge in [-0.05, 0) is 36.4 Å². The fourth-order valence-corrected chi connectivity index (χ4v) is 2.04. The maximum absolute atomic E-state index is 12.2. The van der Waals surface area contributed by atoms with Crippen LogP contribution in [-0.2, 0) is 0 Å². The number of rotatable bonds is 3. The lowest BCUT2D eigenvalue weighted by Crippen LogP contribution is -2.19. The maximum atomic E-state index is 12.2. The van der Waals surface area contributed by atoms with Crippen LogP contribution >= 0.6 is 0 Å². The van der Waals surface area contributed by atoms with Crippen LogP contribution in [0.3, 0.4) is 0 Å². The van der Waals surface area contributed by atoms with Crippen molar-refractivity contribution in [3.63, 3.8) is 0 Å². The van der Waals surface area contributed by atoms with E-state index in [1.165, 1.54) is 6.20 Å². The van der Waals surface area contributed by atoms with Gasteiger partial charge in [-0.3, -0.25) is 9.78 Å². The predicted molar refractivity (Wildman–Crippen MR) is 87.1 cm³/mol. The van der Waals surface area contributed by atoms with E-state index >= 15 is 0 Å². The second kappa shape index (κ2) is 6.10. The molecule has 4 N–H and O–H groups in total. The Morgan fingerprint density at radius 3 is 2.13 bits per heavy atom. The van der Waals surface area contributed by atoms with E-state index in [4.69, 9.17) is 5.73 Å². The first-order chi connectivity index (χ1) is 11.1. The van der Waals surface area contributed by atoms with Gasteiger partial charge in [0.25, 0.3) is 5.91 Å². The van der Waals surface area contributed by atoms with Gasteiger partial charge in [0.1, 0.15) is 5.69 Å². The number of amides is 3. The Bertz CT molecular complexity index is 877. The van der Waals surface area contributed by atoms with E-state index in [1.54, 1.807) is 30.3 Å². The first-order valence-corrected chi connectivity index (χ1v) is 6.81. The normalized spacial score (nSPS) is 10.3. The standard InChI is InChI=1S/C16H13N5O2/c17-16(23)20-11-7-5-10(6-8-11)19-15(22)14-9-18-12-3-1-2-4-13(12)21-14/h1-9H,(H,19,22)(H3,17,20,23). The monoisotopic (exact) mass is 307 g/mol. The van der Waals surface area contributed by atoms with E-state index in [9.17, 15) is 9.59 Å². The Morgan fingerprint density at radius 2 is 1.48 bits per heavy atom. The second-order valence-electron chi connectivity index (χ2n) is 4.76. The fourth-order valence-electron chi connectivity index (χ4n) is 2.04. The Kier molecular flexibility index (Phi) is 3.84. The van der Waals surface area contributed by atoms with Crippen LogP contribution in [0.25, 0.3) is 11.0 Å². The lowest BCUT2D eigenvalue weighted by Gasteiger charge is -2.07. The average molecular weight is 307 g/mol. The number of anilines is 2. The van der Waals surface area contributed by atoms with E-state index < -0.39 is 6.03 Å². The first kappa shape index (κ1) is 14.5. The molecule has 0 unspecified atom stereocenters. The molecular weight excluding hydrogens is 294 g/mol. The van der Waals surface area contributed by atoms with Crippen LogP contribution in [0.5, 0.6) is 0 Å². The molecule has 0 aliphatic carbocycles. The van der Waals surface area contributed by atoms with Crippen molar-refractivity contribution in [1.29, 1.82) is 0 Å². The van der Waals surface area contributed by atoms with Crippen molar-refractivity contribution in [2.45, 2.75) is 0 Å². The molecule has 2 aromatic carbocycles. The molecule has 3 amide bonds. The molecule has 0 atom stereocenters. The Balaban J connectivity index is 1.76. The number of carbonyl (C=O) groups excluding carboxylic acids is 2. The van der Waals surface area contributed by atoms with E-state index in [0.29, 0.717) is 16.9 Å². The Morgan fingerprint density at radius 1 is 0.870 bits per heavy atom. The van der Waals surface area contributed by atoms with Crippen molar-refractivity contribution < 1.29 is 9.59 Å². The number of benzene rings is 2. The molecule has 7 nitrogen and oxygen atoms in total. The number of para-hydroxylation sites is 2. The number of nitrogens with two attached hydrogens (primary N) is 1. The van der Waals surface area contributed by atoms with Gasteiger partial charge in [0.15, 0.2) is 0 Å². The quantitative estimate of drug-likeness (QED) is 0.690. The molecule has 0 spiro atoms. The van der Waals surface area contributed by atoms with Crippen molar-refractivity contribution in [3.8, 4) is 0 Å². The molecule has 3 aromatic rings. The third-order valence-corrected chi connectivity index (χ3v) is 3.09. The smallest absolute Gasteiger partial charge is 0.316 e. The van der Waals surface area contributed by atoms with Crippen molar-refractivity contribution in [2.75, 3.05) is 10.6 Å². The van der Waals surface area contributed by atoms with Crippen LogP contribution < -0.4 is 16.4 Å². The van der Waals surface area contributed by atoms with Gasteiger partial charge in [-0.15, -0.1) is 0 Å². The molecule has 114 valence electrons. The van der Waals surface area contributed by atoms with Crippen molar-refractivity contribution in [3.05, 3.63) is 60.4 Å². The van der Waals surface area contributed by atoms with Gasteiger partial charge < -0.3 is 16.4 Å². The average Bonchev–Trinajstić information content (AvgIpc) is 2.55. The molecule has 7 heteroatoms. The number of carbonyl (C=O) groups is 2. The van der Waals surface area contributed by atoms with Crippen LogP contribution in [0, 0.1) is 0 Å². The van der Waals surface area contributed by atoms with Crippen molar-refractivity contribution >= 4 is 34.3 Å². The molecule has 0 radical (unpaired) electrons. The van der Waals surface area contributed by atoms with Gasteiger partial charge in [0.2, 0.25) is 0 Å². The van der Waals surface area contributed by atoms with E-state index in [0.717, 1.165) is 5.52 Å². The molecule has 0 bridgehead atoms. The second-order valence-corrected chi connectivity index (χ2v) is 4.76. The van der Waals surface area contributed by atoms with Crippen LogP contribution in [0.4, 0.5) is 16.2 Å². The van der Waals surface area contributed by atoms with Crippen LogP contribution in [-0.4, -0.2) is 21.9 Å². The fraction of sp³-hybridized carbons (Fsp3) is 0. The molecular formula is C16H13N5O2. The molecule has 0 aliphatic rings. The third-order valence-electron chi connectivity index (χ3n) is 3.09. The largest absolute Gasteiger partial charge is 0.351 e. The third kappa shape index (κ3) is 3.41. The van der Waals surface area contributed by atoms with Crippen molar-refractivity contribution in [2.24, 2.45) is 5.73 Å². The Hall–Kier alpha value is -3.48. The lowest BCUT2D eigenvalue weighted by molar-refractivity contribution is 0.102. The topological polar surface area (TPSA) is 110 Å². The van der Waals surface area contributed by atoms with E-state index in [2.05, 4.69) is 20.6 Å². The summed E-state index contributed by atoms with van der Waals surface area (Å²) in [6.45, 7) is 0. The zero-order valence-corrected chi connectivity index (χ0v) is 12.0. The SMILES string of the molecule is NC(=O)Nc1ccc(NC(=O)c2cnc3ccccc3n2)cc1. The van der Waals surface area contributed by atoms with Gasteiger partial charge in [-0.2, -0.15) is 0 Å². The molecule has 0 fully saturated rings. The molecule has 1 heterocycles. The summed E-state index contributed by atoms with van der Waals surface area (Å²) in [5.41, 5.74) is 7.75. The van der Waals surface area contributed by atoms with Crippen LogP contribution in [0.15, 0.2) is 54.7 Å². The summed E-state index contributed by atoms with van der Waals surface area (Å²) in [6, 6.07) is 13.2. The highest BCUT2D eigenvalue weighted by atomic mass is 16.2. The summed E-state index contributed by atoms with van der Waals surface area (Å²) < 4.78 is 0. The van der Waals surface area contributed by atoms with Crippen LogP contribution in [0.1, 0.15) is 10.5 Å². The number of urea groups is 1. The number of aromatic nitrogens is 2. The summed E-state index contributed by atoms with van der Waals surface area (Å²) in [5.74, 6) is -0.362. The molecule has 1 aromatic heterocycles. The van der Waals surface area contributed by atoms with Crippen molar-refractivity contribution in [1.82, 2.24) is 9.97 Å². The highest BCUT2D eigenvalue weighted by Crippen LogP contribution is 2.15. The number of nitrogens with zero attached hydrogens (tertiary/aromatic N) is 2. The predicted octanol–water partition coefficient (Wildman–Crippen LogP) is 2.37. The van der Waals surface area contributed by atoms with Gasteiger partial charge in [0.05, 0.1) is 17.2 Å². The minimum absolute atomic E-state index is 0.225. The first-order valence-electron chi connectivity index (χ1n) is 6.81. The van der Waals surface area contributed by atoms with Gasteiger partial charge >= 0.3 is 6.03 Å². The number of primary amides is 1. The van der Waals surface area contributed by atoms with Gasteiger partial charge in [-0.1, -0.05) is 12.1 Å². The van der Waals surface area contributed by atoms with E-state index in [-0.39, 0.29) is 11.6 Å². The summed E-state index contributed by atoms with van der Waals surface area (Å²) in [5, 5.41) is 5.16. The minimum Gasteiger partial charge on any atom is -0.351 e. The lowest BCUT2D eigenvalue weighted by atomic mass is 10.2. The van der Waals surface area contributed by atoms with Gasteiger partial charge in [0, 0.05) is 11.4 Å². The van der Waals surface area contributed by atoms with Gasteiger partial charge in [-0.25, -0.2) is 9.78 Å². The summed E-state index contributed by atoms with van der Waals surface area (Å²) in [7, 11) is 0. The zero-order chi connectivity index (χ0) is 16.2. The minimum atomic E-state index is -0.645. The highest BCUT2D eigenvalue weighted by Gasteiger charge is 2.09. The Labute approximate surface area is 131 Å². The number of fused-ring (bicyclic) bond motifs is 1. The maximum Gasteiger partial charge on any atom is 0.316 e. The zero-order valence-electron chi connectivity index (χ0n) is 12.0. The summed E-state index contributed by atoms with van der Waals surface area (Å²) >= 11 is 0. The number of hydrogen-bond donors (Lipinski definition) is 3. The highest BCUT2D eigenvalue weighted by molar-refractivity contribution is 6.03. The number of hydrogen-bond acceptors (Lipinski definition) is 4.